The molecule has 0 bridgehead atoms. The van der Waals surface area contributed by atoms with Crippen LogP contribution in [-0.4, -0.2) is 44.9 Å². The molecule has 0 aliphatic heterocycles. The predicted octanol–water partition coefficient (Wildman–Crippen LogP) is 3.78. The van der Waals surface area contributed by atoms with Gasteiger partial charge in [-0.15, -0.1) is 12.8 Å². The van der Waals surface area contributed by atoms with Crippen molar-refractivity contribution >= 4 is 43.1 Å². The van der Waals surface area contributed by atoms with Crippen LogP contribution in [0, 0.1) is 24.7 Å². The van der Waals surface area contributed by atoms with Crippen molar-refractivity contribution in [1.29, 1.82) is 0 Å². The molecule has 35 heavy (non-hydrogen) atoms. The first-order valence-electron chi connectivity index (χ1n) is 11.6. The van der Waals surface area contributed by atoms with Crippen LogP contribution in [0.1, 0.15) is 48.9 Å². The van der Waals surface area contributed by atoms with E-state index in [1.165, 1.54) is 18.2 Å². The molecule has 0 spiro atoms. The number of hydrogen-bond acceptors (Lipinski definition) is 5. The number of terminal acetylenes is 2. The number of rotatable bonds is 14. The number of unbranched alkanes of at least 4 members (excludes halogenated alkanes) is 2. The lowest BCUT2D eigenvalue weighted by Crippen LogP contribution is -2.25. The lowest BCUT2D eigenvalue weighted by molar-refractivity contribution is -0.143. The normalized spacial score (nSPS) is 10.4. The summed E-state index contributed by atoms with van der Waals surface area (Å²) in [6, 6.07) is 5.47. The van der Waals surface area contributed by atoms with E-state index in [-0.39, 0.29) is 30.4 Å². The van der Waals surface area contributed by atoms with E-state index in [0.29, 0.717) is 43.7 Å². The molecule has 0 saturated carbocycles. The third-order valence-electron chi connectivity index (χ3n) is 4.81. The van der Waals surface area contributed by atoms with Crippen molar-refractivity contribution in [3.05, 3.63) is 23.8 Å². The Morgan fingerprint density at radius 2 is 1.54 bits per heavy atom. The summed E-state index contributed by atoms with van der Waals surface area (Å²) in [6.07, 6.45) is 12.6. The molecule has 0 aromatic heterocycles. The monoisotopic (exact) mass is 497 g/mol. The van der Waals surface area contributed by atoms with E-state index in [0.717, 1.165) is 12.5 Å². The van der Waals surface area contributed by atoms with E-state index < -0.39 is 19.9 Å². The van der Waals surface area contributed by atoms with Gasteiger partial charge in [-0.1, -0.05) is 37.9 Å². The Morgan fingerprint density at radius 3 is 2.14 bits per heavy atom. The molecule has 0 atom stereocenters. The van der Waals surface area contributed by atoms with Gasteiger partial charge >= 0.3 is 5.97 Å². The Kier molecular flexibility index (Phi) is 12.9. The van der Waals surface area contributed by atoms with Crippen LogP contribution < -0.4 is 16.0 Å². The second-order valence-electron chi connectivity index (χ2n) is 9.22. The third kappa shape index (κ3) is 13.0. The number of carbonyl (C=O) groups is 4. The SMILES string of the molecule is C#CCC(=O)Nc1ccc(C(=O)NCCCCCC(=O)OCC[Si](C)(C)C)cc1NC(=O)CC#C. The first kappa shape index (κ1) is 29.5. The number of benzene rings is 1. The number of nitrogens with one attached hydrogen (secondary N) is 3. The number of carbonyl (C=O) groups excluding carboxylic acids is 4. The van der Waals surface area contributed by atoms with Gasteiger partial charge in [0.2, 0.25) is 11.8 Å². The minimum absolute atomic E-state index is 0.129. The molecule has 1 aromatic carbocycles. The highest BCUT2D eigenvalue weighted by atomic mass is 28.3. The summed E-state index contributed by atoms with van der Waals surface area (Å²) in [5, 5.41) is 8.02. The minimum Gasteiger partial charge on any atom is -0.466 e. The molecule has 0 saturated heterocycles. The molecule has 9 heteroatoms. The average Bonchev–Trinajstić information content (AvgIpc) is 2.76. The fourth-order valence-corrected chi connectivity index (χ4v) is 3.60. The van der Waals surface area contributed by atoms with Crippen molar-refractivity contribution in [2.45, 2.75) is 64.2 Å². The zero-order valence-electron chi connectivity index (χ0n) is 20.8. The fraction of sp³-hybridized carbons (Fsp3) is 0.462. The van der Waals surface area contributed by atoms with E-state index in [4.69, 9.17) is 17.6 Å². The highest BCUT2D eigenvalue weighted by Gasteiger charge is 2.15. The van der Waals surface area contributed by atoms with Gasteiger partial charge in [0.05, 0.1) is 30.8 Å². The molecule has 0 aliphatic carbocycles. The summed E-state index contributed by atoms with van der Waals surface area (Å²) in [6.45, 7) is 7.63. The van der Waals surface area contributed by atoms with Gasteiger partial charge in [0.15, 0.2) is 0 Å². The number of amides is 3. The quantitative estimate of drug-likeness (QED) is 0.157. The van der Waals surface area contributed by atoms with E-state index in [1.54, 1.807) is 0 Å². The first-order chi connectivity index (χ1) is 16.6. The van der Waals surface area contributed by atoms with Crippen molar-refractivity contribution < 1.29 is 23.9 Å². The Hall–Kier alpha value is -3.56. The Bertz CT molecular complexity index is 986. The molecule has 8 nitrogen and oxygen atoms in total. The maximum absolute atomic E-state index is 12.5. The summed E-state index contributed by atoms with van der Waals surface area (Å²) in [5.74, 6) is 3.11. The van der Waals surface area contributed by atoms with Gasteiger partial charge in [0.25, 0.3) is 5.91 Å². The van der Waals surface area contributed by atoms with E-state index in [2.05, 4.69) is 47.4 Å². The van der Waals surface area contributed by atoms with Crippen LogP contribution in [0.4, 0.5) is 11.4 Å². The standard InChI is InChI=1S/C26H35N3O5Si/c1-6-11-23(30)28-21-15-14-20(19-22(21)29-24(31)12-7-2)26(33)27-16-10-8-9-13-25(32)34-17-18-35(3,4)5/h1-2,14-15,19H,8-13,16-18H2,3-5H3,(H,27,33)(H,28,30)(H,29,31). The number of hydrogen-bond donors (Lipinski definition) is 3. The summed E-state index contributed by atoms with van der Waals surface area (Å²) >= 11 is 0. The number of ether oxygens (including phenoxy) is 1. The van der Waals surface area contributed by atoms with Crippen LogP contribution in [0.25, 0.3) is 0 Å². The highest BCUT2D eigenvalue weighted by Crippen LogP contribution is 2.24. The topological polar surface area (TPSA) is 114 Å². The van der Waals surface area contributed by atoms with Gasteiger partial charge in [0, 0.05) is 26.6 Å². The molecule has 0 aliphatic rings. The van der Waals surface area contributed by atoms with Crippen molar-refractivity contribution in [3.63, 3.8) is 0 Å². The molecular weight excluding hydrogens is 462 g/mol. The molecule has 1 rings (SSSR count). The summed E-state index contributed by atoms with van der Waals surface area (Å²) in [7, 11) is -1.21. The van der Waals surface area contributed by atoms with Gasteiger partial charge in [0.1, 0.15) is 0 Å². The maximum Gasteiger partial charge on any atom is 0.305 e. The second-order valence-corrected chi connectivity index (χ2v) is 14.8. The minimum atomic E-state index is -1.21. The molecule has 0 fully saturated rings. The van der Waals surface area contributed by atoms with E-state index >= 15 is 0 Å². The summed E-state index contributed by atoms with van der Waals surface area (Å²) < 4.78 is 5.27. The second kappa shape index (κ2) is 15.4. The molecule has 0 radical (unpaired) electrons. The van der Waals surface area contributed by atoms with Crippen molar-refractivity contribution in [2.75, 3.05) is 23.8 Å². The van der Waals surface area contributed by atoms with Gasteiger partial charge in [-0.05, 0) is 37.1 Å². The first-order valence-corrected chi connectivity index (χ1v) is 15.3. The summed E-state index contributed by atoms with van der Waals surface area (Å²) in [5.41, 5.74) is 0.863. The van der Waals surface area contributed by atoms with E-state index in [1.807, 2.05) is 0 Å². The van der Waals surface area contributed by atoms with E-state index in [9.17, 15) is 19.2 Å². The Morgan fingerprint density at radius 1 is 0.914 bits per heavy atom. The maximum atomic E-state index is 12.5. The number of anilines is 2. The van der Waals surface area contributed by atoms with Crippen molar-refractivity contribution in [1.82, 2.24) is 5.32 Å². The molecule has 0 heterocycles. The molecule has 188 valence electrons. The lowest BCUT2D eigenvalue weighted by atomic mass is 10.1. The van der Waals surface area contributed by atoms with Gasteiger partial charge in [-0.3, -0.25) is 19.2 Å². The zero-order valence-corrected chi connectivity index (χ0v) is 21.8. The van der Waals surface area contributed by atoms with Gasteiger partial charge in [-0.2, -0.15) is 0 Å². The van der Waals surface area contributed by atoms with Gasteiger partial charge in [-0.25, -0.2) is 0 Å². The Balaban J connectivity index is 2.54. The predicted molar refractivity (Wildman–Crippen MR) is 141 cm³/mol. The van der Waals surface area contributed by atoms with Crippen LogP contribution in [0.2, 0.25) is 25.7 Å². The van der Waals surface area contributed by atoms with Crippen LogP contribution in [0.5, 0.6) is 0 Å². The fourth-order valence-electron chi connectivity index (χ4n) is 2.89. The van der Waals surface area contributed by atoms with Crippen LogP contribution >= 0.6 is 0 Å². The largest absolute Gasteiger partial charge is 0.466 e. The highest BCUT2D eigenvalue weighted by molar-refractivity contribution is 6.76. The molecule has 1 aromatic rings. The van der Waals surface area contributed by atoms with Gasteiger partial charge < -0.3 is 20.7 Å². The van der Waals surface area contributed by atoms with Crippen molar-refractivity contribution in [3.8, 4) is 24.7 Å². The van der Waals surface area contributed by atoms with Crippen LogP contribution in [0.15, 0.2) is 18.2 Å². The number of esters is 1. The van der Waals surface area contributed by atoms with Crippen LogP contribution in [0.3, 0.4) is 0 Å². The third-order valence-corrected chi connectivity index (χ3v) is 6.52. The molecule has 3 amide bonds. The van der Waals surface area contributed by atoms with Crippen LogP contribution in [-0.2, 0) is 19.1 Å². The summed E-state index contributed by atoms with van der Waals surface area (Å²) in [4.78, 5) is 48.1. The zero-order chi connectivity index (χ0) is 26.3. The molecular formula is C26H35N3O5Si. The average molecular weight is 498 g/mol. The molecule has 0 unspecified atom stereocenters. The lowest BCUT2D eigenvalue weighted by Gasteiger charge is -2.15. The molecule has 3 N–H and O–H groups in total. The Labute approximate surface area is 209 Å². The smallest absolute Gasteiger partial charge is 0.305 e. The van der Waals surface area contributed by atoms with Crippen molar-refractivity contribution in [2.24, 2.45) is 0 Å².